The molecule has 0 unspecified atom stereocenters. The largest absolute Gasteiger partial charge is 0.381 e. The number of ether oxygens (including phenoxy) is 1. The minimum Gasteiger partial charge on any atom is -0.381 e. The van der Waals surface area contributed by atoms with Crippen molar-refractivity contribution in [2.75, 3.05) is 23.8 Å². The third-order valence-electron chi connectivity index (χ3n) is 4.85. The molecule has 4 nitrogen and oxygen atoms in total. The molecule has 2 heterocycles. The van der Waals surface area contributed by atoms with E-state index >= 15 is 0 Å². The van der Waals surface area contributed by atoms with Gasteiger partial charge in [0.2, 0.25) is 0 Å². The summed E-state index contributed by atoms with van der Waals surface area (Å²) in [6.45, 7) is 1.58. The Morgan fingerprint density at radius 1 is 1.08 bits per heavy atom. The molecule has 2 aliphatic rings. The molecule has 26 heavy (non-hydrogen) atoms. The van der Waals surface area contributed by atoms with Crippen LogP contribution in [0, 0.1) is 5.82 Å². The standard InChI is InChI=1S/C19H18Cl2FN3O/c20-13-10-14(21)15(22)9-12(13)11-23-18-19(5-7-26-8-6-19)25-17-4-2-1-3-16(17)24-18/h1-4,9-10,25H,5-8,11H2,(H,23,24). The lowest BCUT2D eigenvalue weighted by atomic mass is 9.86. The lowest BCUT2D eigenvalue weighted by Gasteiger charge is -2.43. The highest BCUT2D eigenvalue weighted by molar-refractivity contribution is 6.35. The Bertz CT molecular complexity index is 866. The predicted octanol–water partition coefficient (Wildman–Crippen LogP) is 5.12. The van der Waals surface area contributed by atoms with Crippen molar-refractivity contribution in [2.45, 2.75) is 24.9 Å². The van der Waals surface area contributed by atoms with E-state index in [1.807, 2.05) is 24.3 Å². The first-order chi connectivity index (χ1) is 12.6. The fourth-order valence-corrected chi connectivity index (χ4v) is 3.83. The maximum Gasteiger partial charge on any atom is 0.142 e. The van der Waals surface area contributed by atoms with Crippen molar-refractivity contribution in [1.29, 1.82) is 0 Å². The number of halogens is 3. The van der Waals surface area contributed by atoms with Gasteiger partial charge in [-0.15, -0.1) is 0 Å². The van der Waals surface area contributed by atoms with Crippen molar-refractivity contribution in [3.63, 3.8) is 0 Å². The Labute approximate surface area is 161 Å². The van der Waals surface area contributed by atoms with Gasteiger partial charge in [-0.3, -0.25) is 4.99 Å². The smallest absolute Gasteiger partial charge is 0.142 e. The molecule has 0 amide bonds. The molecule has 0 radical (unpaired) electrons. The topological polar surface area (TPSA) is 45.7 Å². The fourth-order valence-electron chi connectivity index (χ4n) is 3.39. The average Bonchev–Trinajstić information content (AvgIpc) is 2.64. The van der Waals surface area contributed by atoms with Gasteiger partial charge in [0.15, 0.2) is 0 Å². The van der Waals surface area contributed by atoms with E-state index in [1.54, 1.807) is 0 Å². The Hall–Kier alpha value is -1.82. The quantitative estimate of drug-likeness (QED) is 0.696. The van der Waals surface area contributed by atoms with E-state index in [0.29, 0.717) is 23.8 Å². The van der Waals surface area contributed by atoms with Crippen LogP contribution in [0.5, 0.6) is 0 Å². The van der Waals surface area contributed by atoms with Crippen LogP contribution in [0.3, 0.4) is 0 Å². The second-order valence-electron chi connectivity index (χ2n) is 6.51. The van der Waals surface area contributed by atoms with Gasteiger partial charge < -0.3 is 15.4 Å². The maximum absolute atomic E-state index is 13.8. The Kier molecular flexibility index (Phi) is 4.78. The second kappa shape index (κ2) is 7.06. The van der Waals surface area contributed by atoms with Crippen LogP contribution in [-0.4, -0.2) is 24.6 Å². The van der Waals surface area contributed by atoms with E-state index in [4.69, 9.17) is 32.9 Å². The Morgan fingerprint density at radius 3 is 2.58 bits per heavy atom. The first kappa shape index (κ1) is 17.6. The third-order valence-corrected chi connectivity index (χ3v) is 5.49. The van der Waals surface area contributed by atoms with Gasteiger partial charge in [-0.1, -0.05) is 35.3 Å². The normalized spacial score (nSPS) is 19.7. The summed E-state index contributed by atoms with van der Waals surface area (Å²) in [4.78, 5) is 4.75. The van der Waals surface area contributed by atoms with E-state index in [2.05, 4.69) is 10.6 Å². The van der Waals surface area contributed by atoms with Gasteiger partial charge in [-0.05, 0) is 29.8 Å². The van der Waals surface area contributed by atoms with Crippen LogP contribution >= 0.6 is 23.2 Å². The molecule has 0 aliphatic carbocycles. The summed E-state index contributed by atoms with van der Waals surface area (Å²) in [7, 11) is 0. The van der Waals surface area contributed by atoms with Gasteiger partial charge in [0.25, 0.3) is 0 Å². The summed E-state index contributed by atoms with van der Waals surface area (Å²) in [5.74, 6) is 0.332. The molecule has 0 bridgehead atoms. The molecule has 1 spiro atoms. The van der Waals surface area contributed by atoms with Gasteiger partial charge >= 0.3 is 0 Å². The van der Waals surface area contributed by atoms with Crippen molar-refractivity contribution in [2.24, 2.45) is 4.99 Å². The number of amidine groups is 1. The number of fused-ring (bicyclic) bond motifs is 1. The van der Waals surface area contributed by atoms with Crippen molar-refractivity contribution in [3.8, 4) is 0 Å². The number of para-hydroxylation sites is 2. The molecule has 1 fully saturated rings. The molecule has 136 valence electrons. The fraction of sp³-hybridized carbons (Fsp3) is 0.316. The average molecular weight is 394 g/mol. The van der Waals surface area contributed by atoms with Crippen LogP contribution in [0.2, 0.25) is 10.0 Å². The minimum atomic E-state index is -0.493. The monoisotopic (exact) mass is 393 g/mol. The zero-order valence-electron chi connectivity index (χ0n) is 14.0. The molecule has 2 aliphatic heterocycles. The van der Waals surface area contributed by atoms with Crippen LogP contribution in [-0.2, 0) is 11.3 Å². The summed E-state index contributed by atoms with van der Waals surface area (Å²) in [5, 5.41) is 7.50. The van der Waals surface area contributed by atoms with Crippen molar-refractivity contribution in [1.82, 2.24) is 0 Å². The zero-order chi connectivity index (χ0) is 18.1. The molecule has 1 saturated heterocycles. The number of hydrogen-bond donors (Lipinski definition) is 2. The van der Waals surface area contributed by atoms with Crippen LogP contribution in [0.15, 0.2) is 41.4 Å². The lowest BCUT2D eigenvalue weighted by Crippen LogP contribution is -2.55. The van der Waals surface area contributed by atoms with Crippen LogP contribution in [0.1, 0.15) is 18.4 Å². The predicted molar refractivity (Wildman–Crippen MR) is 104 cm³/mol. The highest BCUT2D eigenvalue weighted by atomic mass is 35.5. The van der Waals surface area contributed by atoms with Gasteiger partial charge in [-0.25, -0.2) is 4.39 Å². The first-order valence-electron chi connectivity index (χ1n) is 8.48. The Morgan fingerprint density at radius 2 is 1.81 bits per heavy atom. The van der Waals surface area contributed by atoms with Gasteiger partial charge in [0.1, 0.15) is 11.7 Å². The SMILES string of the molecule is Fc1cc(CN=C2Nc3ccccc3NC23CCOCC3)c(Cl)cc1Cl. The summed E-state index contributed by atoms with van der Waals surface area (Å²) in [6, 6.07) is 10.8. The maximum atomic E-state index is 13.8. The third kappa shape index (κ3) is 3.27. The van der Waals surface area contributed by atoms with Crippen LogP contribution in [0.25, 0.3) is 0 Å². The van der Waals surface area contributed by atoms with E-state index in [-0.39, 0.29) is 17.1 Å². The number of rotatable bonds is 2. The highest BCUT2D eigenvalue weighted by Crippen LogP contribution is 2.36. The minimum absolute atomic E-state index is 0.0127. The van der Waals surface area contributed by atoms with Crippen LogP contribution < -0.4 is 10.6 Å². The number of benzene rings is 2. The summed E-state index contributed by atoms with van der Waals surface area (Å²) < 4.78 is 19.3. The number of anilines is 2. The second-order valence-corrected chi connectivity index (χ2v) is 7.33. The van der Waals surface area contributed by atoms with Crippen LogP contribution in [0.4, 0.5) is 15.8 Å². The molecule has 2 aromatic rings. The number of nitrogens with one attached hydrogen (secondary N) is 2. The van der Waals surface area contributed by atoms with E-state index in [1.165, 1.54) is 12.1 Å². The van der Waals surface area contributed by atoms with Crippen molar-refractivity contribution in [3.05, 3.63) is 57.8 Å². The van der Waals surface area contributed by atoms with Gasteiger partial charge in [-0.2, -0.15) is 0 Å². The van der Waals surface area contributed by atoms with Gasteiger partial charge in [0.05, 0.1) is 28.5 Å². The van der Waals surface area contributed by atoms with Gasteiger partial charge in [0, 0.05) is 31.1 Å². The number of hydrogen-bond acceptors (Lipinski definition) is 3. The molecule has 4 rings (SSSR count). The summed E-state index contributed by atoms with van der Waals surface area (Å²) in [6.07, 6.45) is 1.60. The lowest BCUT2D eigenvalue weighted by molar-refractivity contribution is 0.0778. The van der Waals surface area contributed by atoms with E-state index in [0.717, 1.165) is 30.1 Å². The molecule has 0 saturated carbocycles. The molecule has 7 heteroatoms. The van der Waals surface area contributed by atoms with Crippen molar-refractivity contribution >= 4 is 40.4 Å². The van der Waals surface area contributed by atoms with E-state index in [9.17, 15) is 4.39 Å². The van der Waals surface area contributed by atoms with Crippen molar-refractivity contribution < 1.29 is 9.13 Å². The first-order valence-corrected chi connectivity index (χ1v) is 9.23. The van der Waals surface area contributed by atoms with E-state index < -0.39 is 5.82 Å². The Balaban J connectivity index is 1.68. The molecule has 0 atom stereocenters. The zero-order valence-corrected chi connectivity index (χ0v) is 15.5. The highest BCUT2D eigenvalue weighted by Gasteiger charge is 2.41. The molecular weight excluding hydrogens is 376 g/mol. The molecule has 0 aromatic heterocycles. The summed E-state index contributed by atoms with van der Waals surface area (Å²) >= 11 is 12.0. The number of nitrogens with zero attached hydrogens (tertiary/aromatic N) is 1. The molecular formula is C19H18Cl2FN3O. The molecule has 2 aromatic carbocycles. The number of aliphatic imine (C=N–C) groups is 1. The summed E-state index contributed by atoms with van der Waals surface area (Å²) in [5.41, 5.74) is 2.30. The molecule has 2 N–H and O–H groups in total.